The Kier molecular flexibility index (Phi) is 3.19. The molecule has 2 heterocycles. The van der Waals surface area contributed by atoms with Gasteiger partial charge in [-0.05, 0) is 30.9 Å². The SMILES string of the molecule is N=S1CCC[C@H]1Cc1ccc(Cl)nc1. The van der Waals surface area contributed by atoms with Crippen molar-refractivity contribution in [3.63, 3.8) is 0 Å². The number of rotatable bonds is 2. The molecule has 1 aromatic heterocycles. The largest absolute Gasteiger partial charge is 0.280 e. The van der Waals surface area contributed by atoms with Gasteiger partial charge in [0.1, 0.15) is 5.15 Å². The third-order valence-corrected chi connectivity index (χ3v) is 4.70. The van der Waals surface area contributed by atoms with Crippen molar-refractivity contribution in [3.8, 4) is 0 Å². The van der Waals surface area contributed by atoms with E-state index in [1.54, 1.807) is 0 Å². The molecule has 2 nitrogen and oxygen atoms in total. The molecular formula is C10H13ClN2S. The maximum atomic E-state index is 7.86. The van der Waals surface area contributed by atoms with Crippen molar-refractivity contribution in [2.75, 3.05) is 5.75 Å². The highest BCUT2D eigenvalue weighted by Crippen LogP contribution is 2.21. The number of hydrogen-bond acceptors (Lipinski definition) is 2. The molecule has 1 unspecified atom stereocenters. The molecule has 0 radical (unpaired) electrons. The smallest absolute Gasteiger partial charge is 0.129 e. The van der Waals surface area contributed by atoms with Crippen molar-refractivity contribution in [1.29, 1.82) is 4.78 Å². The van der Waals surface area contributed by atoms with E-state index >= 15 is 0 Å². The van der Waals surface area contributed by atoms with Crippen LogP contribution in [0.5, 0.6) is 0 Å². The van der Waals surface area contributed by atoms with Gasteiger partial charge in [0, 0.05) is 17.2 Å². The van der Waals surface area contributed by atoms with Crippen LogP contribution in [-0.4, -0.2) is 16.0 Å². The van der Waals surface area contributed by atoms with Gasteiger partial charge in [0.2, 0.25) is 0 Å². The van der Waals surface area contributed by atoms with Crippen LogP contribution in [0, 0.1) is 4.78 Å². The minimum atomic E-state index is -0.127. The maximum absolute atomic E-state index is 7.86. The molecule has 14 heavy (non-hydrogen) atoms. The normalized spacial score (nSPS) is 26.6. The summed E-state index contributed by atoms with van der Waals surface area (Å²) >= 11 is 5.71. The van der Waals surface area contributed by atoms with Gasteiger partial charge in [0.05, 0.1) is 0 Å². The molecule has 1 aromatic rings. The van der Waals surface area contributed by atoms with Gasteiger partial charge in [-0.25, -0.2) is 4.98 Å². The van der Waals surface area contributed by atoms with E-state index in [1.807, 2.05) is 18.3 Å². The predicted molar refractivity (Wildman–Crippen MR) is 60.9 cm³/mol. The van der Waals surface area contributed by atoms with Gasteiger partial charge < -0.3 is 0 Å². The average Bonchev–Trinajstić information content (AvgIpc) is 2.56. The van der Waals surface area contributed by atoms with Crippen molar-refractivity contribution in [2.45, 2.75) is 24.5 Å². The van der Waals surface area contributed by atoms with Gasteiger partial charge in [-0.1, -0.05) is 17.7 Å². The molecule has 76 valence electrons. The number of nitrogens with one attached hydrogen (secondary N) is 1. The summed E-state index contributed by atoms with van der Waals surface area (Å²) < 4.78 is 7.86. The second-order valence-electron chi connectivity index (χ2n) is 3.59. The van der Waals surface area contributed by atoms with E-state index in [9.17, 15) is 0 Å². The third kappa shape index (κ3) is 2.34. The van der Waals surface area contributed by atoms with Crippen LogP contribution in [0.15, 0.2) is 18.3 Å². The molecule has 0 spiro atoms. The molecular weight excluding hydrogens is 216 g/mol. The highest BCUT2D eigenvalue weighted by Gasteiger charge is 2.19. The minimum absolute atomic E-state index is 0.127. The lowest BCUT2D eigenvalue weighted by atomic mass is 10.1. The van der Waals surface area contributed by atoms with Gasteiger partial charge in [-0.15, -0.1) is 10.7 Å². The Labute approximate surface area is 91.6 Å². The van der Waals surface area contributed by atoms with E-state index in [0.29, 0.717) is 10.4 Å². The fourth-order valence-electron chi connectivity index (χ4n) is 1.77. The maximum Gasteiger partial charge on any atom is 0.129 e. The molecule has 1 aliphatic heterocycles. The summed E-state index contributed by atoms with van der Waals surface area (Å²) in [6.07, 6.45) is 5.25. The van der Waals surface area contributed by atoms with Gasteiger partial charge in [-0.2, -0.15) is 0 Å². The second-order valence-corrected chi connectivity index (χ2v) is 5.91. The van der Waals surface area contributed by atoms with Crippen molar-refractivity contribution >= 4 is 22.3 Å². The Bertz CT molecular complexity index is 336. The van der Waals surface area contributed by atoms with Gasteiger partial charge >= 0.3 is 0 Å². The molecule has 0 amide bonds. The lowest BCUT2D eigenvalue weighted by Gasteiger charge is -2.09. The quantitative estimate of drug-likeness (QED) is 0.777. The first kappa shape index (κ1) is 10.1. The molecule has 4 heteroatoms. The summed E-state index contributed by atoms with van der Waals surface area (Å²) in [7, 11) is -0.127. The van der Waals surface area contributed by atoms with E-state index in [1.165, 1.54) is 18.4 Å². The van der Waals surface area contributed by atoms with Crippen molar-refractivity contribution in [1.82, 2.24) is 4.98 Å². The number of nitrogens with zero attached hydrogens (tertiary/aromatic N) is 1. The highest BCUT2D eigenvalue weighted by atomic mass is 35.5. The Hall–Kier alpha value is -0.410. The first-order valence-corrected chi connectivity index (χ1v) is 6.60. The van der Waals surface area contributed by atoms with E-state index in [-0.39, 0.29) is 10.7 Å². The lowest BCUT2D eigenvalue weighted by Crippen LogP contribution is -2.11. The minimum Gasteiger partial charge on any atom is -0.280 e. The number of aromatic nitrogens is 1. The van der Waals surface area contributed by atoms with Crippen LogP contribution >= 0.6 is 11.6 Å². The Balaban J connectivity index is 2.03. The zero-order chi connectivity index (χ0) is 9.97. The fourth-order valence-corrected chi connectivity index (χ4v) is 3.54. The molecule has 0 aromatic carbocycles. The van der Waals surface area contributed by atoms with Crippen LogP contribution in [0.3, 0.4) is 0 Å². The van der Waals surface area contributed by atoms with Crippen LogP contribution in [0.2, 0.25) is 5.15 Å². The van der Waals surface area contributed by atoms with Crippen molar-refractivity contribution < 1.29 is 0 Å². The van der Waals surface area contributed by atoms with Crippen LogP contribution in [-0.2, 0) is 17.1 Å². The highest BCUT2D eigenvalue weighted by molar-refractivity contribution is 7.86. The molecule has 1 aliphatic rings. The van der Waals surface area contributed by atoms with E-state index in [2.05, 4.69) is 4.98 Å². The van der Waals surface area contributed by atoms with Crippen LogP contribution in [0.1, 0.15) is 18.4 Å². The zero-order valence-electron chi connectivity index (χ0n) is 7.87. The molecule has 0 aliphatic carbocycles. The van der Waals surface area contributed by atoms with Gasteiger partial charge in [0.25, 0.3) is 0 Å². The van der Waals surface area contributed by atoms with Gasteiger partial charge in [-0.3, -0.25) is 4.78 Å². The van der Waals surface area contributed by atoms with Crippen LogP contribution in [0.25, 0.3) is 0 Å². The van der Waals surface area contributed by atoms with E-state index in [0.717, 1.165) is 12.2 Å². The summed E-state index contributed by atoms with van der Waals surface area (Å²) in [6.45, 7) is 0. The summed E-state index contributed by atoms with van der Waals surface area (Å²) in [5.74, 6) is 1.09. The Morgan fingerprint density at radius 1 is 1.57 bits per heavy atom. The Morgan fingerprint density at radius 3 is 3.00 bits per heavy atom. The molecule has 1 saturated heterocycles. The summed E-state index contributed by atoms with van der Waals surface area (Å²) in [6, 6.07) is 3.85. The van der Waals surface area contributed by atoms with Crippen LogP contribution < -0.4 is 0 Å². The summed E-state index contributed by atoms with van der Waals surface area (Å²) in [5.41, 5.74) is 1.21. The fraction of sp³-hybridized carbons (Fsp3) is 0.500. The molecule has 2 atom stereocenters. The predicted octanol–water partition coefficient (Wildman–Crippen LogP) is 2.82. The number of hydrogen-bond donors (Lipinski definition) is 1. The summed E-state index contributed by atoms with van der Waals surface area (Å²) in [4.78, 5) is 4.05. The zero-order valence-corrected chi connectivity index (χ0v) is 9.44. The van der Waals surface area contributed by atoms with Crippen LogP contribution in [0.4, 0.5) is 0 Å². The van der Waals surface area contributed by atoms with E-state index < -0.39 is 0 Å². The molecule has 1 N–H and O–H groups in total. The standard InChI is InChI=1S/C10H13ClN2S/c11-10-4-3-8(7-13-10)6-9-2-1-5-14(9)12/h3-4,7,9,12H,1-2,5-6H2/t9-,14?/m0/s1. The first-order chi connectivity index (χ1) is 6.75. The lowest BCUT2D eigenvalue weighted by molar-refractivity contribution is 0.773. The third-order valence-electron chi connectivity index (χ3n) is 2.54. The molecule has 0 saturated carbocycles. The van der Waals surface area contributed by atoms with Crippen molar-refractivity contribution in [2.24, 2.45) is 0 Å². The Morgan fingerprint density at radius 2 is 2.43 bits per heavy atom. The molecule has 1 fully saturated rings. The topological polar surface area (TPSA) is 36.7 Å². The first-order valence-electron chi connectivity index (χ1n) is 4.77. The van der Waals surface area contributed by atoms with E-state index in [4.69, 9.17) is 16.4 Å². The van der Waals surface area contributed by atoms with Crippen molar-refractivity contribution in [3.05, 3.63) is 29.0 Å². The number of pyridine rings is 1. The monoisotopic (exact) mass is 228 g/mol. The number of halogens is 1. The molecule has 0 bridgehead atoms. The summed E-state index contributed by atoms with van der Waals surface area (Å²) in [5, 5.41) is 1.10. The second kappa shape index (κ2) is 4.41. The molecule has 2 rings (SSSR count). The average molecular weight is 229 g/mol. The van der Waals surface area contributed by atoms with Gasteiger partial charge in [0.15, 0.2) is 0 Å².